The van der Waals surface area contributed by atoms with Gasteiger partial charge in [-0.15, -0.1) is 0 Å². The molecule has 2 aliphatic heterocycles. The van der Waals surface area contributed by atoms with Crippen molar-refractivity contribution in [3.63, 3.8) is 0 Å². The molecule has 2 aromatic carbocycles. The smallest absolute Gasteiger partial charge is 0.240 e. The first kappa shape index (κ1) is 24.0. The fourth-order valence-corrected chi connectivity index (χ4v) is 3.94. The van der Waals surface area contributed by atoms with Gasteiger partial charge in [-0.05, 0) is 69.0 Å². The number of rotatable bonds is 9. The van der Waals surface area contributed by atoms with E-state index in [2.05, 4.69) is 52.9 Å². The van der Waals surface area contributed by atoms with Crippen molar-refractivity contribution in [3.8, 4) is 23.0 Å². The Morgan fingerprint density at radius 1 is 0.735 bits per heavy atom. The van der Waals surface area contributed by atoms with Crippen molar-refractivity contribution in [1.29, 1.82) is 0 Å². The fraction of sp³-hybridized carbons (Fsp3) is 0.273. The third-order valence-corrected chi connectivity index (χ3v) is 6.20. The summed E-state index contributed by atoms with van der Waals surface area (Å²) in [6.07, 6.45) is 4.63. The number of nitrogens with one attached hydrogen (secondary N) is 2. The number of hydrogen-bond donors (Lipinski definition) is 2. The van der Waals surface area contributed by atoms with Gasteiger partial charge in [0.05, 0.1) is 12.4 Å². The molecule has 0 atom stereocenters. The highest BCUT2D eigenvalue weighted by molar-refractivity contribution is 9.10. The average molecular weight is 596 g/mol. The lowest BCUT2D eigenvalue weighted by Gasteiger charge is -2.03. The van der Waals surface area contributed by atoms with Crippen molar-refractivity contribution in [2.75, 3.05) is 13.6 Å². The molecule has 0 aromatic heterocycles. The monoisotopic (exact) mass is 594 g/mol. The first-order valence-corrected chi connectivity index (χ1v) is 11.9. The first-order valence-electron chi connectivity index (χ1n) is 10.3. The summed E-state index contributed by atoms with van der Waals surface area (Å²) < 4.78 is 22.8. The molecule has 0 unspecified atom stereocenters. The van der Waals surface area contributed by atoms with Gasteiger partial charge in [0.15, 0.2) is 23.0 Å². The van der Waals surface area contributed by atoms with Crippen LogP contribution in [0.15, 0.2) is 43.4 Å². The summed E-state index contributed by atoms with van der Waals surface area (Å²) in [7, 11) is 0. The van der Waals surface area contributed by atoms with Gasteiger partial charge in [-0.3, -0.25) is 9.59 Å². The Labute approximate surface area is 211 Å². The normalized spacial score (nSPS) is 13.6. The molecule has 0 radical (unpaired) electrons. The summed E-state index contributed by atoms with van der Waals surface area (Å²) in [5.41, 5.74) is 6.45. The van der Waals surface area contributed by atoms with E-state index < -0.39 is 0 Å². The van der Waals surface area contributed by atoms with E-state index in [4.69, 9.17) is 18.9 Å². The second-order valence-electron chi connectivity index (χ2n) is 7.25. The molecule has 0 saturated carbocycles. The highest BCUT2D eigenvalue weighted by atomic mass is 79.9. The Kier molecular flexibility index (Phi) is 8.01. The van der Waals surface area contributed by atoms with E-state index in [1.54, 1.807) is 24.3 Å². The standard InChI is InChI=1S/C22H20Br2N4O6/c23-15-7-19-17(31-11-33-19)5-13(15)9-25-27-21(29)3-1-2-4-22(30)28-26-10-14-6-18-20(8-16(14)24)34-12-32-18/h5-10H,1-4,11-12H2,(H,27,29)(H,28,30)/b25-9+,26-10+. The summed E-state index contributed by atoms with van der Waals surface area (Å²) >= 11 is 6.86. The van der Waals surface area contributed by atoms with Crippen LogP contribution in [0, 0.1) is 0 Å². The number of amides is 2. The third kappa shape index (κ3) is 6.26. The average Bonchev–Trinajstić information content (AvgIpc) is 3.45. The number of fused-ring (bicyclic) bond motifs is 2. The van der Waals surface area contributed by atoms with Crippen LogP contribution in [0.3, 0.4) is 0 Å². The molecule has 0 bridgehead atoms. The Bertz CT molecular complexity index is 1070. The number of nitrogens with zero attached hydrogens (tertiary/aromatic N) is 2. The molecule has 10 nitrogen and oxygen atoms in total. The molecular weight excluding hydrogens is 576 g/mol. The summed E-state index contributed by atoms with van der Waals surface area (Å²) in [6, 6.07) is 7.12. The molecule has 0 spiro atoms. The molecule has 0 saturated heterocycles. The minimum atomic E-state index is -0.237. The number of benzene rings is 2. The summed E-state index contributed by atoms with van der Waals surface area (Å²) in [5.74, 6) is 2.09. The molecule has 34 heavy (non-hydrogen) atoms. The Morgan fingerprint density at radius 2 is 1.12 bits per heavy atom. The lowest BCUT2D eigenvalue weighted by atomic mass is 10.2. The van der Waals surface area contributed by atoms with Gasteiger partial charge < -0.3 is 18.9 Å². The van der Waals surface area contributed by atoms with E-state index in [1.807, 2.05) is 0 Å². The van der Waals surface area contributed by atoms with Crippen LogP contribution in [0.1, 0.15) is 36.8 Å². The zero-order valence-electron chi connectivity index (χ0n) is 17.8. The Hall–Kier alpha value is -3.12. The fourth-order valence-electron chi connectivity index (χ4n) is 3.09. The number of ether oxygens (including phenoxy) is 4. The van der Waals surface area contributed by atoms with Crippen LogP contribution < -0.4 is 29.8 Å². The van der Waals surface area contributed by atoms with Crippen molar-refractivity contribution in [2.45, 2.75) is 25.7 Å². The number of halogens is 2. The molecule has 4 rings (SSSR count). The van der Waals surface area contributed by atoms with E-state index >= 15 is 0 Å². The van der Waals surface area contributed by atoms with E-state index in [9.17, 15) is 9.59 Å². The molecule has 0 fully saturated rings. The van der Waals surface area contributed by atoms with E-state index in [0.717, 1.165) is 20.1 Å². The molecule has 2 aliphatic rings. The Morgan fingerprint density at radius 3 is 1.53 bits per heavy atom. The minimum absolute atomic E-state index is 0.182. The van der Waals surface area contributed by atoms with Gasteiger partial charge in [0.25, 0.3) is 0 Å². The van der Waals surface area contributed by atoms with Gasteiger partial charge in [-0.25, -0.2) is 10.9 Å². The van der Waals surface area contributed by atoms with Crippen LogP contribution in [0.2, 0.25) is 0 Å². The van der Waals surface area contributed by atoms with Crippen LogP contribution in [0.5, 0.6) is 23.0 Å². The quantitative estimate of drug-likeness (QED) is 0.258. The van der Waals surface area contributed by atoms with Crippen molar-refractivity contribution < 1.29 is 28.5 Å². The maximum absolute atomic E-state index is 12.0. The van der Waals surface area contributed by atoms with Crippen LogP contribution in [-0.4, -0.2) is 37.8 Å². The topological polar surface area (TPSA) is 120 Å². The molecule has 12 heteroatoms. The van der Waals surface area contributed by atoms with Gasteiger partial charge in [-0.1, -0.05) is 0 Å². The summed E-state index contributed by atoms with van der Waals surface area (Å²) in [4.78, 5) is 23.9. The van der Waals surface area contributed by atoms with E-state index in [0.29, 0.717) is 35.8 Å². The number of carbonyl (C=O) groups excluding carboxylic acids is 2. The third-order valence-electron chi connectivity index (χ3n) is 4.83. The zero-order valence-corrected chi connectivity index (χ0v) is 21.0. The molecule has 2 N–H and O–H groups in total. The highest BCUT2D eigenvalue weighted by Crippen LogP contribution is 2.37. The van der Waals surface area contributed by atoms with Crippen molar-refractivity contribution in [1.82, 2.24) is 10.9 Å². The van der Waals surface area contributed by atoms with Gasteiger partial charge in [0, 0.05) is 32.9 Å². The molecule has 2 heterocycles. The number of hydrogen-bond acceptors (Lipinski definition) is 8. The van der Waals surface area contributed by atoms with Crippen molar-refractivity contribution in [3.05, 3.63) is 44.3 Å². The van der Waals surface area contributed by atoms with E-state index in [-0.39, 0.29) is 38.2 Å². The van der Waals surface area contributed by atoms with Crippen molar-refractivity contribution >= 4 is 56.1 Å². The summed E-state index contributed by atoms with van der Waals surface area (Å²) in [5, 5.41) is 7.94. The van der Waals surface area contributed by atoms with Crippen molar-refractivity contribution in [2.24, 2.45) is 10.2 Å². The number of carbonyl (C=O) groups is 2. The largest absolute Gasteiger partial charge is 0.454 e. The number of hydrazone groups is 2. The SMILES string of the molecule is O=C(CCCCC(=O)N/N=C/c1cc2c(cc1Br)OCO2)N/N=C/c1cc2c(cc1Br)OCO2. The zero-order chi connectivity index (χ0) is 23.9. The molecular formula is C22H20Br2N4O6. The molecule has 0 aliphatic carbocycles. The summed E-state index contributed by atoms with van der Waals surface area (Å²) in [6.45, 7) is 0.363. The van der Waals surface area contributed by atoms with Gasteiger partial charge in [0.1, 0.15) is 0 Å². The van der Waals surface area contributed by atoms with Gasteiger partial charge in [-0.2, -0.15) is 10.2 Å². The number of unbranched alkanes of at least 4 members (excludes halogenated alkanes) is 1. The second-order valence-corrected chi connectivity index (χ2v) is 8.96. The lowest BCUT2D eigenvalue weighted by molar-refractivity contribution is -0.123. The maximum Gasteiger partial charge on any atom is 0.240 e. The lowest BCUT2D eigenvalue weighted by Crippen LogP contribution is -2.19. The molecule has 178 valence electrons. The van der Waals surface area contributed by atoms with Crippen LogP contribution in [0.4, 0.5) is 0 Å². The first-order chi connectivity index (χ1) is 16.5. The minimum Gasteiger partial charge on any atom is -0.454 e. The Balaban J connectivity index is 1.13. The predicted octanol–water partition coefficient (Wildman–Crippen LogP) is 3.83. The van der Waals surface area contributed by atoms with Gasteiger partial charge in [0.2, 0.25) is 25.4 Å². The van der Waals surface area contributed by atoms with Crippen LogP contribution in [0.25, 0.3) is 0 Å². The van der Waals surface area contributed by atoms with E-state index in [1.165, 1.54) is 12.4 Å². The maximum atomic E-state index is 12.0. The second kappa shape index (κ2) is 11.3. The van der Waals surface area contributed by atoms with Gasteiger partial charge >= 0.3 is 0 Å². The predicted molar refractivity (Wildman–Crippen MR) is 130 cm³/mol. The van der Waals surface area contributed by atoms with Crippen LogP contribution in [-0.2, 0) is 9.59 Å². The molecule has 2 amide bonds. The molecule has 2 aromatic rings. The van der Waals surface area contributed by atoms with Crippen LogP contribution >= 0.6 is 31.9 Å². The highest BCUT2D eigenvalue weighted by Gasteiger charge is 2.16.